The highest BCUT2D eigenvalue weighted by molar-refractivity contribution is 7.46. The third-order valence-electron chi connectivity index (χ3n) is 2.04. The Morgan fingerprint density at radius 1 is 1.25 bits per heavy atom. The fourth-order valence-corrected chi connectivity index (χ4v) is 1.58. The standard InChI is InChI=1S/C10H15O5P/c1-10(2,3)7-4-5-8(11)9(6-7)15-16(12,13)14/h4-6,11H,1-3H3,(H2,12,13,14). The van der Waals surface area contributed by atoms with Gasteiger partial charge in [0.05, 0.1) is 0 Å². The van der Waals surface area contributed by atoms with Crippen LogP contribution in [0.3, 0.4) is 0 Å². The molecule has 16 heavy (non-hydrogen) atoms. The van der Waals surface area contributed by atoms with Gasteiger partial charge in [-0.3, -0.25) is 9.79 Å². The normalized spacial score (nSPS) is 12.6. The lowest BCUT2D eigenvalue weighted by Crippen LogP contribution is -2.10. The van der Waals surface area contributed by atoms with Gasteiger partial charge < -0.3 is 9.63 Å². The third-order valence-corrected chi connectivity index (χ3v) is 2.48. The Bertz CT molecular complexity index is 429. The van der Waals surface area contributed by atoms with Gasteiger partial charge in [-0.05, 0) is 23.1 Å². The largest absolute Gasteiger partial charge is 0.524 e. The molecule has 1 aromatic rings. The second-order valence-electron chi connectivity index (χ2n) is 4.51. The highest BCUT2D eigenvalue weighted by atomic mass is 31.2. The Morgan fingerprint density at radius 3 is 2.25 bits per heavy atom. The van der Waals surface area contributed by atoms with Gasteiger partial charge in [0.2, 0.25) is 0 Å². The van der Waals surface area contributed by atoms with Crippen LogP contribution in [0.25, 0.3) is 0 Å². The molecule has 90 valence electrons. The average Bonchev–Trinajstić information content (AvgIpc) is 2.04. The summed E-state index contributed by atoms with van der Waals surface area (Å²) in [6, 6.07) is 4.46. The zero-order valence-electron chi connectivity index (χ0n) is 9.34. The number of phosphoric acid groups is 1. The van der Waals surface area contributed by atoms with Crippen molar-refractivity contribution in [3.63, 3.8) is 0 Å². The van der Waals surface area contributed by atoms with E-state index in [4.69, 9.17) is 9.79 Å². The summed E-state index contributed by atoms with van der Waals surface area (Å²) in [5, 5.41) is 9.40. The molecule has 5 nitrogen and oxygen atoms in total. The van der Waals surface area contributed by atoms with E-state index in [1.54, 1.807) is 6.07 Å². The van der Waals surface area contributed by atoms with E-state index < -0.39 is 7.82 Å². The summed E-state index contributed by atoms with van der Waals surface area (Å²) in [7, 11) is -4.65. The molecule has 0 saturated carbocycles. The summed E-state index contributed by atoms with van der Waals surface area (Å²) >= 11 is 0. The Hall–Kier alpha value is -1.03. The fraction of sp³-hybridized carbons (Fsp3) is 0.400. The molecular weight excluding hydrogens is 231 g/mol. The highest BCUT2D eigenvalue weighted by Crippen LogP contribution is 2.42. The van der Waals surface area contributed by atoms with Crippen LogP contribution in [0.5, 0.6) is 11.5 Å². The molecule has 0 unspecified atom stereocenters. The van der Waals surface area contributed by atoms with Crippen LogP contribution in [0, 0.1) is 0 Å². The van der Waals surface area contributed by atoms with Gasteiger partial charge in [-0.15, -0.1) is 0 Å². The first kappa shape index (κ1) is 13.0. The number of phosphoric ester groups is 1. The molecule has 3 N–H and O–H groups in total. The SMILES string of the molecule is CC(C)(C)c1ccc(O)c(OP(=O)(O)O)c1. The molecule has 0 aromatic heterocycles. The summed E-state index contributed by atoms with van der Waals surface area (Å²) in [4.78, 5) is 17.3. The van der Waals surface area contributed by atoms with E-state index in [0.717, 1.165) is 5.56 Å². The molecule has 1 aromatic carbocycles. The number of benzene rings is 1. The van der Waals surface area contributed by atoms with Crippen molar-refractivity contribution in [2.75, 3.05) is 0 Å². The zero-order chi connectivity index (χ0) is 12.6. The van der Waals surface area contributed by atoms with Gasteiger partial charge in [0, 0.05) is 0 Å². The van der Waals surface area contributed by atoms with Crippen molar-refractivity contribution in [1.82, 2.24) is 0 Å². The van der Waals surface area contributed by atoms with Gasteiger partial charge in [0.25, 0.3) is 0 Å². The summed E-state index contributed by atoms with van der Waals surface area (Å²) in [5.74, 6) is -0.503. The minimum Gasteiger partial charge on any atom is -0.504 e. The van der Waals surface area contributed by atoms with Crippen LogP contribution in [0.4, 0.5) is 0 Å². The van der Waals surface area contributed by atoms with Crippen molar-refractivity contribution in [2.45, 2.75) is 26.2 Å². The maximum absolute atomic E-state index is 10.7. The Balaban J connectivity index is 3.15. The van der Waals surface area contributed by atoms with Crippen LogP contribution in [-0.2, 0) is 9.98 Å². The van der Waals surface area contributed by atoms with Crippen molar-refractivity contribution in [3.8, 4) is 11.5 Å². The first-order valence-corrected chi connectivity index (χ1v) is 6.21. The lowest BCUT2D eigenvalue weighted by molar-refractivity contribution is 0.277. The lowest BCUT2D eigenvalue weighted by atomic mass is 9.87. The Morgan fingerprint density at radius 2 is 1.81 bits per heavy atom. The van der Waals surface area contributed by atoms with E-state index in [-0.39, 0.29) is 16.9 Å². The number of hydrogen-bond acceptors (Lipinski definition) is 3. The molecule has 0 saturated heterocycles. The molecule has 0 aliphatic heterocycles. The van der Waals surface area contributed by atoms with Crippen LogP contribution >= 0.6 is 7.82 Å². The number of aromatic hydroxyl groups is 1. The second kappa shape index (κ2) is 4.09. The highest BCUT2D eigenvalue weighted by Gasteiger charge is 2.21. The van der Waals surface area contributed by atoms with Crippen LogP contribution < -0.4 is 4.52 Å². The molecular formula is C10H15O5P. The molecule has 0 atom stereocenters. The van der Waals surface area contributed by atoms with E-state index in [1.165, 1.54) is 12.1 Å². The molecule has 0 spiro atoms. The minimum absolute atomic E-state index is 0.194. The first-order valence-electron chi connectivity index (χ1n) is 4.68. The number of rotatable bonds is 2. The third kappa shape index (κ3) is 3.52. The average molecular weight is 246 g/mol. The topological polar surface area (TPSA) is 87.0 Å². The van der Waals surface area contributed by atoms with Crippen molar-refractivity contribution >= 4 is 7.82 Å². The smallest absolute Gasteiger partial charge is 0.504 e. The van der Waals surface area contributed by atoms with Gasteiger partial charge >= 0.3 is 7.82 Å². The van der Waals surface area contributed by atoms with E-state index in [1.807, 2.05) is 20.8 Å². The van der Waals surface area contributed by atoms with Crippen molar-refractivity contribution in [2.24, 2.45) is 0 Å². The Labute approximate surface area is 93.9 Å². The van der Waals surface area contributed by atoms with Gasteiger partial charge in [0.15, 0.2) is 11.5 Å². The monoisotopic (exact) mass is 246 g/mol. The van der Waals surface area contributed by atoms with Crippen LogP contribution in [-0.4, -0.2) is 14.9 Å². The molecule has 0 bridgehead atoms. The molecule has 0 amide bonds. The number of hydrogen-bond donors (Lipinski definition) is 3. The molecule has 0 aliphatic rings. The maximum atomic E-state index is 10.7. The quantitative estimate of drug-likeness (QED) is 0.696. The van der Waals surface area contributed by atoms with E-state index in [9.17, 15) is 9.67 Å². The van der Waals surface area contributed by atoms with Crippen molar-refractivity contribution in [1.29, 1.82) is 0 Å². The van der Waals surface area contributed by atoms with Crippen LogP contribution in [0.2, 0.25) is 0 Å². The molecule has 6 heteroatoms. The summed E-state index contributed by atoms with van der Waals surface area (Å²) in [6.07, 6.45) is 0. The molecule has 1 rings (SSSR count). The first-order chi connectivity index (χ1) is 7.09. The molecule has 0 heterocycles. The van der Waals surface area contributed by atoms with Gasteiger partial charge in [-0.1, -0.05) is 26.8 Å². The maximum Gasteiger partial charge on any atom is 0.524 e. The van der Waals surface area contributed by atoms with E-state index >= 15 is 0 Å². The van der Waals surface area contributed by atoms with Crippen molar-refractivity contribution < 1.29 is 24.0 Å². The second-order valence-corrected chi connectivity index (χ2v) is 5.68. The summed E-state index contributed by atoms with van der Waals surface area (Å²) in [5.41, 5.74) is 0.620. The summed E-state index contributed by atoms with van der Waals surface area (Å²) in [6.45, 7) is 5.84. The van der Waals surface area contributed by atoms with E-state index in [0.29, 0.717) is 0 Å². The lowest BCUT2D eigenvalue weighted by Gasteiger charge is -2.20. The van der Waals surface area contributed by atoms with Crippen LogP contribution in [0.1, 0.15) is 26.3 Å². The van der Waals surface area contributed by atoms with Crippen molar-refractivity contribution in [3.05, 3.63) is 23.8 Å². The molecule has 0 aliphatic carbocycles. The van der Waals surface area contributed by atoms with Gasteiger partial charge in [-0.2, -0.15) is 0 Å². The minimum atomic E-state index is -4.65. The fourth-order valence-electron chi connectivity index (χ4n) is 1.18. The Kier molecular flexibility index (Phi) is 3.33. The number of phenols is 1. The zero-order valence-corrected chi connectivity index (χ0v) is 10.2. The predicted molar refractivity (Wildman–Crippen MR) is 59.5 cm³/mol. The van der Waals surface area contributed by atoms with Gasteiger partial charge in [-0.25, -0.2) is 4.57 Å². The summed E-state index contributed by atoms with van der Waals surface area (Å²) < 4.78 is 15.1. The van der Waals surface area contributed by atoms with Gasteiger partial charge in [0.1, 0.15) is 0 Å². The molecule has 0 radical (unpaired) electrons. The predicted octanol–water partition coefficient (Wildman–Crippen LogP) is 2.16. The van der Waals surface area contributed by atoms with E-state index in [2.05, 4.69) is 4.52 Å². The van der Waals surface area contributed by atoms with Crippen LogP contribution in [0.15, 0.2) is 18.2 Å². The molecule has 0 fully saturated rings. The number of phenolic OH excluding ortho intramolecular Hbond substituents is 1.